The molecule has 0 bridgehead atoms. The number of aryl methyl sites for hydroxylation is 2. The Balaban J connectivity index is 2.05. The SMILES string of the molecule is COc1ccc(NC(=O)[C@H](C)Oc2cc(C)ccc2C)cc1Cl. The van der Waals surface area contributed by atoms with Gasteiger partial charge in [-0.15, -0.1) is 0 Å². The molecular weight excluding hydrogens is 314 g/mol. The van der Waals surface area contributed by atoms with Gasteiger partial charge in [-0.05, 0) is 56.2 Å². The molecule has 4 nitrogen and oxygen atoms in total. The Morgan fingerprint density at radius 1 is 1.13 bits per heavy atom. The Labute approximate surface area is 141 Å². The quantitative estimate of drug-likeness (QED) is 0.883. The minimum absolute atomic E-state index is 0.243. The number of nitrogens with one attached hydrogen (secondary N) is 1. The summed E-state index contributed by atoms with van der Waals surface area (Å²) in [6, 6.07) is 11.0. The van der Waals surface area contributed by atoms with Gasteiger partial charge in [-0.25, -0.2) is 0 Å². The fraction of sp³-hybridized carbons (Fsp3) is 0.278. The first kappa shape index (κ1) is 17.2. The maximum absolute atomic E-state index is 12.3. The molecule has 0 aliphatic heterocycles. The second-order valence-corrected chi connectivity index (χ2v) is 5.77. The van der Waals surface area contributed by atoms with Gasteiger partial charge in [-0.2, -0.15) is 0 Å². The monoisotopic (exact) mass is 333 g/mol. The summed E-state index contributed by atoms with van der Waals surface area (Å²) >= 11 is 6.05. The molecule has 0 aliphatic rings. The zero-order valence-electron chi connectivity index (χ0n) is 13.6. The number of halogens is 1. The van der Waals surface area contributed by atoms with Crippen molar-refractivity contribution in [2.75, 3.05) is 12.4 Å². The number of hydrogen-bond donors (Lipinski definition) is 1. The lowest BCUT2D eigenvalue weighted by Gasteiger charge is -2.17. The Morgan fingerprint density at radius 3 is 2.52 bits per heavy atom. The molecule has 0 saturated heterocycles. The third-order valence-electron chi connectivity index (χ3n) is 3.44. The first-order chi connectivity index (χ1) is 10.9. The summed E-state index contributed by atoms with van der Waals surface area (Å²) in [5.41, 5.74) is 2.67. The molecule has 1 N–H and O–H groups in total. The van der Waals surface area contributed by atoms with Crippen LogP contribution in [0.3, 0.4) is 0 Å². The molecule has 5 heteroatoms. The third-order valence-corrected chi connectivity index (χ3v) is 3.73. The van der Waals surface area contributed by atoms with Crippen LogP contribution in [0.1, 0.15) is 18.1 Å². The van der Waals surface area contributed by atoms with E-state index < -0.39 is 6.10 Å². The largest absolute Gasteiger partial charge is 0.495 e. The van der Waals surface area contributed by atoms with E-state index in [1.54, 1.807) is 32.2 Å². The van der Waals surface area contributed by atoms with Gasteiger partial charge in [0.2, 0.25) is 0 Å². The third kappa shape index (κ3) is 4.39. The van der Waals surface area contributed by atoms with Gasteiger partial charge < -0.3 is 14.8 Å². The van der Waals surface area contributed by atoms with Crippen molar-refractivity contribution in [1.29, 1.82) is 0 Å². The van der Waals surface area contributed by atoms with E-state index in [9.17, 15) is 4.79 Å². The summed E-state index contributed by atoms with van der Waals surface area (Å²) in [5, 5.41) is 3.22. The number of amides is 1. The van der Waals surface area contributed by atoms with Crippen LogP contribution >= 0.6 is 11.6 Å². The van der Waals surface area contributed by atoms with Crippen molar-refractivity contribution in [3.8, 4) is 11.5 Å². The van der Waals surface area contributed by atoms with E-state index in [1.165, 1.54) is 0 Å². The predicted octanol–water partition coefficient (Wildman–Crippen LogP) is 4.37. The lowest BCUT2D eigenvalue weighted by atomic mass is 10.1. The molecule has 0 heterocycles. The highest BCUT2D eigenvalue weighted by atomic mass is 35.5. The van der Waals surface area contributed by atoms with Crippen LogP contribution in [0.15, 0.2) is 36.4 Å². The number of benzene rings is 2. The fourth-order valence-electron chi connectivity index (χ4n) is 2.07. The molecule has 1 amide bonds. The van der Waals surface area contributed by atoms with E-state index in [0.29, 0.717) is 22.2 Å². The van der Waals surface area contributed by atoms with Crippen molar-refractivity contribution < 1.29 is 14.3 Å². The molecule has 0 unspecified atom stereocenters. The Bertz CT molecular complexity index is 715. The lowest BCUT2D eigenvalue weighted by molar-refractivity contribution is -0.122. The first-order valence-corrected chi connectivity index (χ1v) is 7.67. The molecule has 23 heavy (non-hydrogen) atoms. The maximum Gasteiger partial charge on any atom is 0.265 e. The van der Waals surface area contributed by atoms with Gasteiger partial charge in [0.25, 0.3) is 5.91 Å². The van der Waals surface area contributed by atoms with Crippen LogP contribution in [-0.2, 0) is 4.79 Å². The van der Waals surface area contributed by atoms with Gasteiger partial charge in [-0.1, -0.05) is 23.7 Å². The number of anilines is 1. The van der Waals surface area contributed by atoms with Crippen molar-refractivity contribution in [3.63, 3.8) is 0 Å². The van der Waals surface area contributed by atoms with Crippen LogP contribution in [0.25, 0.3) is 0 Å². The summed E-state index contributed by atoms with van der Waals surface area (Å²) < 4.78 is 10.9. The molecule has 0 fully saturated rings. The molecule has 1 atom stereocenters. The summed E-state index contributed by atoms with van der Waals surface area (Å²) in [6.07, 6.45) is -0.628. The van der Waals surface area contributed by atoms with E-state index in [1.807, 2.05) is 32.0 Å². The number of carbonyl (C=O) groups excluding carboxylic acids is 1. The maximum atomic E-state index is 12.3. The van der Waals surface area contributed by atoms with Gasteiger partial charge in [-0.3, -0.25) is 4.79 Å². The Kier molecular flexibility index (Phi) is 5.50. The molecule has 0 spiro atoms. The van der Waals surface area contributed by atoms with Crippen molar-refractivity contribution in [1.82, 2.24) is 0 Å². The van der Waals surface area contributed by atoms with Gasteiger partial charge in [0.15, 0.2) is 6.10 Å². The zero-order valence-corrected chi connectivity index (χ0v) is 14.4. The zero-order chi connectivity index (χ0) is 17.0. The minimum Gasteiger partial charge on any atom is -0.495 e. The van der Waals surface area contributed by atoms with Crippen molar-refractivity contribution in [3.05, 3.63) is 52.5 Å². The van der Waals surface area contributed by atoms with E-state index in [0.717, 1.165) is 11.1 Å². The highest BCUT2D eigenvalue weighted by Gasteiger charge is 2.16. The highest BCUT2D eigenvalue weighted by Crippen LogP contribution is 2.27. The van der Waals surface area contributed by atoms with Crippen LogP contribution in [0.4, 0.5) is 5.69 Å². The van der Waals surface area contributed by atoms with Crippen molar-refractivity contribution >= 4 is 23.2 Å². The highest BCUT2D eigenvalue weighted by molar-refractivity contribution is 6.32. The minimum atomic E-state index is -0.628. The second kappa shape index (κ2) is 7.38. The van der Waals surface area contributed by atoms with Gasteiger partial charge >= 0.3 is 0 Å². The number of methoxy groups -OCH3 is 1. The van der Waals surface area contributed by atoms with Crippen LogP contribution in [-0.4, -0.2) is 19.1 Å². The fourth-order valence-corrected chi connectivity index (χ4v) is 2.32. The molecule has 0 radical (unpaired) electrons. The topological polar surface area (TPSA) is 47.6 Å². The van der Waals surface area contributed by atoms with Crippen LogP contribution < -0.4 is 14.8 Å². The predicted molar refractivity (Wildman–Crippen MR) is 92.6 cm³/mol. The number of hydrogen-bond acceptors (Lipinski definition) is 3. The molecule has 2 aromatic rings. The van der Waals surface area contributed by atoms with E-state index in [-0.39, 0.29) is 5.91 Å². The second-order valence-electron chi connectivity index (χ2n) is 5.37. The average molecular weight is 334 g/mol. The van der Waals surface area contributed by atoms with Crippen molar-refractivity contribution in [2.45, 2.75) is 26.9 Å². The summed E-state index contributed by atoms with van der Waals surface area (Å²) in [5.74, 6) is 1.02. The standard InChI is InChI=1S/C18H20ClNO3/c1-11-5-6-12(2)17(9-11)23-13(3)18(21)20-14-7-8-16(22-4)15(19)10-14/h5-10,13H,1-4H3,(H,20,21)/t13-/m0/s1. The molecule has 122 valence electrons. The van der Waals surface area contributed by atoms with Crippen LogP contribution in [0.2, 0.25) is 5.02 Å². The summed E-state index contributed by atoms with van der Waals surface area (Å²) in [7, 11) is 1.54. The Morgan fingerprint density at radius 2 is 1.87 bits per heavy atom. The molecule has 0 saturated carbocycles. The van der Waals surface area contributed by atoms with E-state index in [2.05, 4.69) is 5.32 Å². The number of rotatable bonds is 5. The van der Waals surface area contributed by atoms with E-state index >= 15 is 0 Å². The number of ether oxygens (including phenoxy) is 2. The number of carbonyl (C=O) groups is 1. The van der Waals surface area contributed by atoms with Gasteiger partial charge in [0.05, 0.1) is 12.1 Å². The molecule has 2 rings (SSSR count). The first-order valence-electron chi connectivity index (χ1n) is 7.29. The van der Waals surface area contributed by atoms with Gasteiger partial charge in [0, 0.05) is 5.69 Å². The van der Waals surface area contributed by atoms with Gasteiger partial charge in [0.1, 0.15) is 11.5 Å². The van der Waals surface area contributed by atoms with Crippen LogP contribution in [0, 0.1) is 13.8 Å². The lowest BCUT2D eigenvalue weighted by Crippen LogP contribution is -2.30. The molecule has 0 aliphatic carbocycles. The molecule has 2 aromatic carbocycles. The van der Waals surface area contributed by atoms with Crippen molar-refractivity contribution in [2.24, 2.45) is 0 Å². The van der Waals surface area contributed by atoms with Crippen LogP contribution in [0.5, 0.6) is 11.5 Å². The molecule has 0 aromatic heterocycles. The summed E-state index contributed by atoms with van der Waals surface area (Å²) in [6.45, 7) is 5.64. The normalized spacial score (nSPS) is 11.7. The van der Waals surface area contributed by atoms with E-state index in [4.69, 9.17) is 21.1 Å². The summed E-state index contributed by atoms with van der Waals surface area (Å²) in [4.78, 5) is 12.3. The molecular formula is C18H20ClNO3. The smallest absolute Gasteiger partial charge is 0.265 e. The average Bonchev–Trinajstić information content (AvgIpc) is 2.51. The Hall–Kier alpha value is -2.20.